The van der Waals surface area contributed by atoms with Crippen LogP contribution in [0.15, 0.2) is 24.3 Å². The molecule has 0 bridgehead atoms. The molecule has 120 valence electrons. The summed E-state index contributed by atoms with van der Waals surface area (Å²) in [6, 6.07) is 4.80. The molecule has 2 N–H and O–H groups in total. The molecule has 1 rings (SSSR count). The van der Waals surface area contributed by atoms with Crippen LogP contribution in [-0.2, 0) is 6.18 Å². The Kier molecular flexibility index (Phi) is 5.78. The third-order valence-corrected chi connectivity index (χ3v) is 3.70. The van der Waals surface area contributed by atoms with Crippen LogP contribution in [0, 0.1) is 0 Å². The molecule has 1 atom stereocenters. The van der Waals surface area contributed by atoms with E-state index in [1.165, 1.54) is 12.1 Å². The average Bonchev–Trinajstić information content (AvgIpc) is 2.37. The van der Waals surface area contributed by atoms with E-state index in [4.69, 9.17) is 0 Å². The molecule has 1 aromatic carbocycles. The highest BCUT2D eigenvalue weighted by molar-refractivity contribution is 5.27. The van der Waals surface area contributed by atoms with Gasteiger partial charge in [-0.15, -0.1) is 0 Å². The highest BCUT2D eigenvalue weighted by atomic mass is 19.4. The van der Waals surface area contributed by atoms with Gasteiger partial charge in [-0.25, -0.2) is 0 Å². The van der Waals surface area contributed by atoms with Crippen molar-refractivity contribution in [3.05, 3.63) is 35.4 Å². The molecule has 0 aliphatic carbocycles. The van der Waals surface area contributed by atoms with Crippen LogP contribution < -0.4 is 5.32 Å². The van der Waals surface area contributed by atoms with Crippen LogP contribution in [0.2, 0.25) is 0 Å². The van der Waals surface area contributed by atoms with Gasteiger partial charge in [0.05, 0.1) is 11.7 Å². The Morgan fingerprint density at radius 1 is 1.24 bits per heavy atom. The normalized spacial score (nSPS) is 14.5. The van der Waals surface area contributed by atoms with Gasteiger partial charge in [-0.1, -0.05) is 12.1 Å². The molecule has 6 heteroatoms. The van der Waals surface area contributed by atoms with Crippen molar-refractivity contribution in [3.63, 3.8) is 0 Å². The number of likely N-dealkylation sites (N-methyl/N-ethyl adjacent to an activating group) is 1. The third kappa shape index (κ3) is 5.30. The quantitative estimate of drug-likeness (QED) is 0.848. The van der Waals surface area contributed by atoms with Crippen molar-refractivity contribution in [2.24, 2.45) is 0 Å². The first-order chi connectivity index (χ1) is 9.54. The van der Waals surface area contributed by atoms with Gasteiger partial charge < -0.3 is 15.3 Å². The first-order valence-corrected chi connectivity index (χ1v) is 6.77. The Morgan fingerprint density at radius 2 is 1.86 bits per heavy atom. The van der Waals surface area contributed by atoms with Gasteiger partial charge in [-0.2, -0.15) is 13.2 Å². The molecular formula is C15H23F3N2O. The lowest BCUT2D eigenvalue weighted by Gasteiger charge is -2.33. The maximum Gasteiger partial charge on any atom is 0.416 e. The molecule has 1 unspecified atom stereocenters. The van der Waals surface area contributed by atoms with Gasteiger partial charge in [0, 0.05) is 18.6 Å². The number of aliphatic hydroxyl groups is 1. The summed E-state index contributed by atoms with van der Waals surface area (Å²) < 4.78 is 37.9. The summed E-state index contributed by atoms with van der Waals surface area (Å²) in [4.78, 5) is 2.04. The molecule has 0 spiro atoms. The zero-order valence-electron chi connectivity index (χ0n) is 12.8. The van der Waals surface area contributed by atoms with E-state index in [9.17, 15) is 18.3 Å². The number of rotatable bonds is 6. The molecule has 0 heterocycles. The molecule has 0 aromatic heterocycles. The Bertz CT molecular complexity index is 458. The lowest BCUT2D eigenvalue weighted by Crippen LogP contribution is -2.47. The van der Waals surface area contributed by atoms with Crippen molar-refractivity contribution >= 4 is 0 Å². The molecule has 0 amide bonds. The number of benzene rings is 1. The van der Waals surface area contributed by atoms with Gasteiger partial charge in [-0.3, -0.25) is 0 Å². The van der Waals surface area contributed by atoms with Crippen molar-refractivity contribution in [3.8, 4) is 0 Å². The second-order valence-electron chi connectivity index (χ2n) is 5.98. The van der Waals surface area contributed by atoms with Crippen LogP contribution in [-0.4, -0.2) is 42.7 Å². The van der Waals surface area contributed by atoms with E-state index < -0.39 is 17.8 Å². The second kappa shape index (κ2) is 6.77. The number of nitrogens with one attached hydrogen (secondary N) is 1. The summed E-state index contributed by atoms with van der Waals surface area (Å²) in [5, 5.41) is 13.1. The molecule has 0 saturated carbocycles. The van der Waals surface area contributed by atoms with Crippen molar-refractivity contribution in [1.29, 1.82) is 0 Å². The van der Waals surface area contributed by atoms with Crippen LogP contribution in [0.1, 0.15) is 31.1 Å². The highest BCUT2D eigenvalue weighted by Gasteiger charge is 2.30. The van der Waals surface area contributed by atoms with Gasteiger partial charge in [0.1, 0.15) is 0 Å². The number of hydrogen-bond acceptors (Lipinski definition) is 3. The van der Waals surface area contributed by atoms with Crippen molar-refractivity contribution in [1.82, 2.24) is 10.2 Å². The van der Waals surface area contributed by atoms with Crippen LogP contribution in [0.3, 0.4) is 0 Å². The molecule has 3 nitrogen and oxygen atoms in total. The summed E-state index contributed by atoms with van der Waals surface area (Å²) in [5.74, 6) is 0. The molecule has 0 fully saturated rings. The summed E-state index contributed by atoms with van der Waals surface area (Å²) >= 11 is 0. The fourth-order valence-corrected chi connectivity index (χ4v) is 1.71. The van der Waals surface area contributed by atoms with Crippen LogP contribution in [0.5, 0.6) is 0 Å². The molecule has 0 aliphatic rings. The standard InChI is InChI=1S/C15H23F3N2O/c1-14(2,20(3)4)10-19-9-13(21)11-6-5-7-12(8-11)15(16,17)18/h5-8,13,19,21H,9-10H2,1-4H3. The predicted octanol–water partition coefficient (Wildman–Crippen LogP) is 2.67. The first kappa shape index (κ1) is 17.9. The van der Waals surface area contributed by atoms with Crippen LogP contribution >= 0.6 is 0 Å². The molecular weight excluding hydrogens is 281 g/mol. The Balaban J connectivity index is 2.63. The minimum Gasteiger partial charge on any atom is -0.387 e. The number of halogens is 3. The predicted molar refractivity (Wildman–Crippen MR) is 77.0 cm³/mol. The van der Waals surface area contributed by atoms with Gasteiger partial charge in [0.2, 0.25) is 0 Å². The Morgan fingerprint density at radius 3 is 2.38 bits per heavy atom. The van der Waals surface area contributed by atoms with Crippen molar-refractivity contribution in [2.45, 2.75) is 31.7 Å². The smallest absolute Gasteiger partial charge is 0.387 e. The van der Waals surface area contributed by atoms with Crippen molar-refractivity contribution in [2.75, 3.05) is 27.2 Å². The largest absolute Gasteiger partial charge is 0.416 e. The monoisotopic (exact) mass is 304 g/mol. The molecule has 0 radical (unpaired) electrons. The van der Waals surface area contributed by atoms with Crippen LogP contribution in [0.4, 0.5) is 13.2 Å². The topological polar surface area (TPSA) is 35.5 Å². The van der Waals surface area contributed by atoms with E-state index in [0.29, 0.717) is 6.54 Å². The lowest BCUT2D eigenvalue weighted by molar-refractivity contribution is -0.137. The summed E-state index contributed by atoms with van der Waals surface area (Å²) in [5.41, 5.74) is -0.583. The van der Waals surface area contributed by atoms with E-state index in [1.807, 2.05) is 32.8 Å². The third-order valence-electron chi connectivity index (χ3n) is 3.70. The fraction of sp³-hybridized carbons (Fsp3) is 0.600. The van der Waals surface area contributed by atoms with Gasteiger partial charge in [0.25, 0.3) is 0 Å². The van der Waals surface area contributed by atoms with E-state index >= 15 is 0 Å². The van der Waals surface area contributed by atoms with Gasteiger partial charge in [-0.05, 0) is 45.6 Å². The highest BCUT2D eigenvalue weighted by Crippen LogP contribution is 2.30. The Hall–Kier alpha value is -1.11. The van der Waals surface area contributed by atoms with E-state index in [0.717, 1.165) is 12.1 Å². The fourth-order valence-electron chi connectivity index (χ4n) is 1.71. The minimum absolute atomic E-state index is 0.104. The number of hydrogen-bond donors (Lipinski definition) is 2. The van der Waals surface area contributed by atoms with Crippen molar-refractivity contribution < 1.29 is 18.3 Å². The zero-order chi connectivity index (χ0) is 16.3. The van der Waals surface area contributed by atoms with E-state index in [1.54, 1.807) is 0 Å². The SMILES string of the molecule is CN(C)C(C)(C)CNCC(O)c1cccc(C(F)(F)F)c1. The zero-order valence-corrected chi connectivity index (χ0v) is 12.8. The molecule has 1 aromatic rings. The summed E-state index contributed by atoms with van der Waals surface area (Å²) in [7, 11) is 3.90. The Labute approximate surface area is 123 Å². The number of aliphatic hydroxyl groups excluding tert-OH is 1. The lowest BCUT2D eigenvalue weighted by atomic mass is 10.0. The summed E-state index contributed by atoms with van der Waals surface area (Å²) in [6.45, 7) is 4.90. The average molecular weight is 304 g/mol. The van der Waals surface area contributed by atoms with E-state index in [-0.39, 0.29) is 17.6 Å². The number of nitrogens with zero attached hydrogens (tertiary/aromatic N) is 1. The second-order valence-corrected chi connectivity index (χ2v) is 5.98. The maximum atomic E-state index is 12.6. The first-order valence-electron chi connectivity index (χ1n) is 6.77. The molecule has 21 heavy (non-hydrogen) atoms. The number of alkyl halides is 3. The van der Waals surface area contributed by atoms with Gasteiger partial charge >= 0.3 is 6.18 Å². The summed E-state index contributed by atoms with van der Waals surface area (Å²) in [6.07, 6.45) is -5.36. The van der Waals surface area contributed by atoms with E-state index in [2.05, 4.69) is 5.32 Å². The van der Waals surface area contributed by atoms with Crippen LogP contribution in [0.25, 0.3) is 0 Å². The minimum atomic E-state index is -4.39. The van der Waals surface area contributed by atoms with Gasteiger partial charge in [0.15, 0.2) is 0 Å². The maximum absolute atomic E-state index is 12.6. The molecule has 0 aliphatic heterocycles. The molecule has 0 saturated heterocycles.